The Kier molecular flexibility index (Phi) is 12.5. The number of carbonyl (C=O) groups excluding carboxylic acids is 1. The van der Waals surface area contributed by atoms with Crippen LogP contribution in [0.1, 0.15) is 22.8 Å². The Labute approximate surface area is 222 Å². The predicted molar refractivity (Wildman–Crippen MR) is 138 cm³/mol. The lowest BCUT2D eigenvalue weighted by atomic mass is 10.0. The number of hydrogen-bond donors (Lipinski definition) is 0. The van der Waals surface area contributed by atoms with E-state index in [1.807, 2.05) is 60.7 Å². The number of carbonyl (C=O) groups is 1. The van der Waals surface area contributed by atoms with Crippen LogP contribution in [0.25, 0.3) is 0 Å². The molecule has 3 rings (SSSR count). The molecule has 0 saturated carbocycles. The van der Waals surface area contributed by atoms with Crippen LogP contribution < -0.4 is 9.47 Å². The Balaban J connectivity index is 1.73. The number of methoxy groups -OCH3 is 2. The number of halogens is 1. The van der Waals surface area contributed by atoms with Crippen molar-refractivity contribution in [3.8, 4) is 11.5 Å². The fourth-order valence-corrected chi connectivity index (χ4v) is 3.50. The highest BCUT2D eigenvalue weighted by Crippen LogP contribution is 2.33. The fraction of sp³-hybridized carbons (Fsp3) is 0.345. The van der Waals surface area contributed by atoms with E-state index in [1.165, 1.54) is 12.1 Å². The molecule has 0 amide bonds. The third-order valence-corrected chi connectivity index (χ3v) is 5.32. The highest BCUT2D eigenvalue weighted by atomic mass is 19.1. The number of benzene rings is 3. The van der Waals surface area contributed by atoms with Gasteiger partial charge < -0.3 is 33.2 Å². The van der Waals surface area contributed by atoms with Crippen LogP contribution >= 0.6 is 0 Å². The lowest BCUT2D eigenvalue weighted by molar-refractivity contribution is -0.146. The van der Waals surface area contributed by atoms with Gasteiger partial charge in [0, 0.05) is 14.2 Å². The Bertz CT molecular complexity index is 1050. The first-order chi connectivity index (χ1) is 18.6. The summed E-state index contributed by atoms with van der Waals surface area (Å²) in [6.07, 6.45) is -0.787. The van der Waals surface area contributed by atoms with Crippen molar-refractivity contribution in [3.63, 3.8) is 0 Å². The van der Waals surface area contributed by atoms with Crippen molar-refractivity contribution in [1.82, 2.24) is 0 Å². The van der Waals surface area contributed by atoms with E-state index < -0.39 is 17.9 Å². The molecule has 0 spiro atoms. The Morgan fingerprint density at radius 2 is 1.32 bits per heavy atom. The Hall–Kier alpha value is -3.50. The smallest absolute Gasteiger partial charge is 0.311 e. The molecule has 0 unspecified atom stereocenters. The molecule has 0 bridgehead atoms. The first-order valence-electron chi connectivity index (χ1n) is 12.1. The zero-order chi connectivity index (χ0) is 27.0. The Morgan fingerprint density at radius 3 is 1.87 bits per heavy atom. The van der Waals surface area contributed by atoms with Crippen molar-refractivity contribution < 1.29 is 42.3 Å². The molecule has 9 heteroatoms. The molecule has 0 saturated heterocycles. The maximum absolute atomic E-state index is 15.1. The average Bonchev–Trinajstić information content (AvgIpc) is 2.93. The van der Waals surface area contributed by atoms with E-state index in [4.69, 9.17) is 33.2 Å². The molecule has 0 aliphatic heterocycles. The maximum Gasteiger partial charge on any atom is 0.311 e. The summed E-state index contributed by atoms with van der Waals surface area (Å²) in [4.78, 5) is 13.0. The van der Waals surface area contributed by atoms with Gasteiger partial charge in [-0.3, -0.25) is 4.79 Å². The third-order valence-electron chi connectivity index (χ3n) is 5.32. The number of rotatable bonds is 17. The first-order valence-corrected chi connectivity index (χ1v) is 12.1. The standard InChI is InChI=1S/C29H33FO8/c1-32-13-15-34-20-36-26-18-22(17-25(30)29(26)37-21-35-16-14-33-2)19-27(31)38-28(23-9-5-3-6-10-23)24-11-7-4-8-12-24/h3-12,17-18,28H,13-16,19-21H2,1-2H3. The number of esters is 1. The highest BCUT2D eigenvalue weighted by molar-refractivity contribution is 5.73. The van der Waals surface area contributed by atoms with Crippen LogP contribution in [0.15, 0.2) is 72.8 Å². The summed E-state index contributed by atoms with van der Waals surface area (Å²) in [6.45, 7) is 0.949. The molecule has 38 heavy (non-hydrogen) atoms. The van der Waals surface area contributed by atoms with Crippen LogP contribution in [-0.4, -0.2) is 60.2 Å². The van der Waals surface area contributed by atoms with Crippen LogP contribution in [0, 0.1) is 5.82 Å². The second-order valence-electron chi connectivity index (χ2n) is 8.10. The van der Waals surface area contributed by atoms with Crippen LogP contribution in [0.5, 0.6) is 11.5 Å². The van der Waals surface area contributed by atoms with E-state index in [-0.39, 0.29) is 38.1 Å². The van der Waals surface area contributed by atoms with E-state index in [0.717, 1.165) is 11.1 Å². The highest BCUT2D eigenvalue weighted by Gasteiger charge is 2.21. The summed E-state index contributed by atoms with van der Waals surface area (Å²) in [5.41, 5.74) is 2.01. The van der Waals surface area contributed by atoms with E-state index in [9.17, 15) is 4.79 Å². The van der Waals surface area contributed by atoms with Gasteiger partial charge in [0.2, 0.25) is 0 Å². The van der Waals surface area contributed by atoms with Crippen molar-refractivity contribution in [2.75, 3.05) is 54.2 Å². The van der Waals surface area contributed by atoms with Crippen LogP contribution in [-0.2, 0) is 34.9 Å². The van der Waals surface area contributed by atoms with Gasteiger partial charge >= 0.3 is 5.97 Å². The maximum atomic E-state index is 15.1. The van der Waals surface area contributed by atoms with Crippen molar-refractivity contribution >= 4 is 5.97 Å². The lowest BCUT2D eigenvalue weighted by Crippen LogP contribution is -2.15. The average molecular weight is 529 g/mol. The van der Waals surface area contributed by atoms with Gasteiger partial charge in [0.1, 0.15) is 0 Å². The minimum atomic E-state index is -0.708. The van der Waals surface area contributed by atoms with E-state index in [1.54, 1.807) is 14.2 Å². The summed E-state index contributed by atoms with van der Waals surface area (Å²) in [5.74, 6) is -1.31. The monoisotopic (exact) mass is 528 g/mol. The topological polar surface area (TPSA) is 81.7 Å². The summed E-state index contributed by atoms with van der Waals surface area (Å²) in [5, 5.41) is 0. The molecule has 3 aromatic rings. The predicted octanol–water partition coefficient (Wildman–Crippen LogP) is 4.70. The van der Waals surface area contributed by atoms with Crippen molar-refractivity contribution in [2.24, 2.45) is 0 Å². The zero-order valence-corrected chi connectivity index (χ0v) is 21.6. The molecule has 0 aliphatic carbocycles. The minimum absolute atomic E-state index is 0.0724. The second kappa shape index (κ2) is 16.4. The van der Waals surface area contributed by atoms with Gasteiger partial charge in [0.25, 0.3) is 0 Å². The molecule has 8 nitrogen and oxygen atoms in total. The normalized spacial score (nSPS) is 10.9. The number of ether oxygens (including phenoxy) is 7. The summed E-state index contributed by atoms with van der Waals surface area (Å²) in [6, 6.07) is 21.6. The lowest BCUT2D eigenvalue weighted by Gasteiger charge is -2.19. The molecule has 0 radical (unpaired) electrons. The molecule has 3 aromatic carbocycles. The number of hydrogen-bond acceptors (Lipinski definition) is 8. The molecule has 0 fully saturated rings. The van der Waals surface area contributed by atoms with Crippen LogP contribution in [0.2, 0.25) is 0 Å². The van der Waals surface area contributed by atoms with E-state index in [2.05, 4.69) is 0 Å². The summed E-state index contributed by atoms with van der Waals surface area (Å²) >= 11 is 0. The van der Waals surface area contributed by atoms with Crippen molar-refractivity contribution in [2.45, 2.75) is 12.5 Å². The van der Waals surface area contributed by atoms with Gasteiger partial charge in [-0.2, -0.15) is 0 Å². The molecule has 0 N–H and O–H groups in total. The zero-order valence-electron chi connectivity index (χ0n) is 21.6. The van der Waals surface area contributed by atoms with Gasteiger partial charge in [-0.1, -0.05) is 60.7 Å². The Morgan fingerprint density at radius 1 is 0.763 bits per heavy atom. The van der Waals surface area contributed by atoms with Gasteiger partial charge in [-0.25, -0.2) is 4.39 Å². The van der Waals surface area contributed by atoms with Gasteiger partial charge in [0.05, 0.1) is 32.8 Å². The summed E-state index contributed by atoms with van der Waals surface area (Å²) in [7, 11) is 3.10. The van der Waals surface area contributed by atoms with Crippen molar-refractivity contribution in [3.05, 3.63) is 95.3 Å². The molecule has 0 atom stereocenters. The largest absolute Gasteiger partial charge is 0.464 e. The molecule has 0 aromatic heterocycles. The first kappa shape index (κ1) is 29.1. The molecular formula is C29H33FO8. The van der Waals surface area contributed by atoms with Gasteiger partial charge in [0.15, 0.2) is 37.0 Å². The van der Waals surface area contributed by atoms with Gasteiger partial charge in [-0.05, 0) is 28.8 Å². The summed E-state index contributed by atoms with van der Waals surface area (Å²) < 4.78 is 52.5. The third kappa shape index (κ3) is 9.42. The quantitative estimate of drug-likeness (QED) is 0.142. The van der Waals surface area contributed by atoms with Crippen molar-refractivity contribution in [1.29, 1.82) is 0 Å². The molecule has 0 aliphatic rings. The molecular weight excluding hydrogens is 495 g/mol. The molecule has 204 valence electrons. The second-order valence-corrected chi connectivity index (χ2v) is 8.10. The minimum Gasteiger partial charge on any atom is -0.464 e. The molecule has 0 heterocycles. The van der Waals surface area contributed by atoms with E-state index in [0.29, 0.717) is 25.4 Å². The van der Waals surface area contributed by atoms with Crippen LogP contribution in [0.3, 0.4) is 0 Å². The van der Waals surface area contributed by atoms with Crippen LogP contribution in [0.4, 0.5) is 4.39 Å². The SMILES string of the molecule is COCCOCOc1cc(CC(=O)OC(c2ccccc2)c2ccccc2)cc(F)c1OCOCCOC. The van der Waals surface area contributed by atoms with E-state index >= 15 is 4.39 Å². The van der Waals surface area contributed by atoms with Gasteiger partial charge in [-0.15, -0.1) is 0 Å². The fourth-order valence-electron chi connectivity index (χ4n) is 3.50.